The normalized spacial score (nSPS) is 9.88. The molecule has 0 spiro atoms. The van der Waals surface area contributed by atoms with Crippen molar-refractivity contribution in [3.63, 3.8) is 0 Å². The Morgan fingerprint density at radius 3 is 2.25 bits per heavy atom. The summed E-state index contributed by atoms with van der Waals surface area (Å²) in [5.74, 6) is 0.00360. The molecule has 0 heterocycles. The largest absolute Gasteiger partial charge is 0.385 e. The molecule has 1 amide bonds. The van der Waals surface area contributed by atoms with Crippen molar-refractivity contribution in [2.75, 3.05) is 18.4 Å². The third-order valence-electron chi connectivity index (χ3n) is 2.26. The highest BCUT2D eigenvalue weighted by molar-refractivity contribution is 5.94. The summed E-state index contributed by atoms with van der Waals surface area (Å²) in [5.41, 5.74) is 1.78. The van der Waals surface area contributed by atoms with Gasteiger partial charge < -0.3 is 10.6 Å². The maximum atomic E-state index is 11.6. The van der Waals surface area contributed by atoms with Crippen molar-refractivity contribution in [3.8, 4) is 0 Å². The molecule has 3 nitrogen and oxygen atoms in total. The minimum Gasteiger partial charge on any atom is -0.385 e. The van der Waals surface area contributed by atoms with Crippen LogP contribution in [0.25, 0.3) is 0 Å². The summed E-state index contributed by atoms with van der Waals surface area (Å²) in [7, 11) is 0. The van der Waals surface area contributed by atoms with Crippen molar-refractivity contribution >= 4 is 11.6 Å². The second-order valence-electron chi connectivity index (χ2n) is 3.76. The molecule has 0 aliphatic rings. The Balaban J connectivity index is 2.53. The van der Waals surface area contributed by atoms with E-state index in [1.54, 1.807) is 0 Å². The first kappa shape index (κ1) is 12.6. The van der Waals surface area contributed by atoms with Gasteiger partial charge in [0, 0.05) is 24.3 Å². The Morgan fingerprint density at radius 1 is 1.06 bits per heavy atom. The second-order valence-corrected chi connectivity index (χ2v) is 3.76. The fraction of sp³-hybridized carbons (Fsp3) is 0.462. The van der Waals surface area contributed by atoms with E-state index in [9.17, 15) is 4.79 Å². The zero-order valence-corrected chi connectivity index (χ0v) is 10.0. The monoisotopic (exact) mass is 220 g/mol. The maximum Gasteiger partial charge on any atom is 0.251 e. The Morgan fingerprint density at radius 2 is 1.69 bits per heavy atom. The molecule has 0 unspecified atom stereocenters. The smallest absolute Gasteiger partial charge is 0.251 e. The van der Waals surface area contributed by atoms with Gasteiger partial charge in [0.1, 0.15) is 0 Å². The molecule has 0 aliphatic carbocycles. The summed E-state index contributed by atoms with van der Waals surface area (Å²) < 4.78 is 0. The van der Waals surface area contributed by atoms with Crippen molar-refractivity contribution in [2.24, 2.45) is 0 Å². The van der Waals surface area contributed by atoms with Gasteiger partial charge in [0.15, 0.2) is 0 Å². The number of hydrogen-bond acceptors (Lipinski definition) is 2. The SMILES string of the molecule is CCCNC(=O)c1ccc(NCCC)cc1. The highest BCUT2D eigenvalue weighted by Crippen LogP contribution is 2.09. The summed E-state index contributed by atoms with van der Waals surface area (Å²) in [6.07, 6.45) is 2.06. The molecule has 88 valence electrons. The van der Waals surface area contributed by atoms with E-state index in [0.29, 0.717) is 0 Å². The molecular formula is C13H20N2O. The van der Waals surface area contributed by atoms with Crippen LogP contribution in [0.5, 0.6) is 0 Å². The quantitative estimate of drug-likeness (QED) is 0.773. The van der Waals surface area contributed by atoms with Gasteiger partial charge in [-0.2, -0.15) is 0 Å². The molecule has 1 rings (SSSR count). The average Bonchev–Trinajstić information content (AvgIpc) is 2.34. The number of anilines is 1. The van der Waals surface area contributed by atoms with E-state index in [2.05, 4.69) is 17.6 Å². The van der Waals surface area contributed by atoms with Gasteiger partial charge in [-0.05, 0) is 37.1 Å². The lowest BCUT2D eigenvalue weighted by atomic mass is 10.2. The third kappa shape index (κ3) is 3.93. The van der Waals surface area contributed by atoms with E-state index in [1.165, 1.54) is 0 Å². The molecule has 0 aromatic heterocycles. The zero-order valence-electron chi connectivity index (χ0n) is 10.0. The molecular weight excluding hydrogens is 200 g/mol. The first-order chi connectivity index (χ1) is 7.77. The number of carbonyl (C=O) groups is 1. The molecule has 0 aliphatic heterocycles. The van der Waals surface area contributed by atoms with Gasteiger partial charge in [-0.1, -0.05) is 13.8 Å². The van der Waals surface area contributed by atoms with Gasteiger partial charge in [-0.3, -0.25) is 4.79 Å². The first-order valence-electron chi connectivity index (χ1n) is 5.90. The maximum absolute atomic E-state index is 11.6. The highest BCUT2D eigenvalue weighted by Gasteiger charge is 2.03. The molecule has 1 aromatic rings. The Kier molecular flexibility index (Phi) is 5.40. The lowest BCUT2D eigenvalue weighted by Crippen LogP contribution is -2.23. The van der Waals surface area contributed by atoms with Gasteiger partial charge in [-0.15, -0.1) is 0 Å². The van der Waals surface area contributed by atoms with Crippen LogP contribution < -0.4 is 10.6 Å². The lowest BCUT2D eigenvalue weighted by molar-refractivity contribution is 0.0953. The predicted molar refractivity (Wildman–Crippen MR) is 67.8 cm³/mol. The molecule has 0 bridgehead atoms. The van der Waals surface area contributed by atoms with E-state index in [-0.39, 0.29) is 5.91 Å². The molecule has 0 fully saturated rings. The van der Waals surface area contributed by atoms with Gasteiger partial charge in [0.2, 0.25) is 0 Å². The van der Waals surface area contributed by atoms with Crippen molar-refractivity contribution < 1.29 is 4.79 Å². The standard InChI is InChI=1S/C13H20N2O/c1-3-9-14-12-7-5-11(6-8-12)13(16)15-10-4-2/h5-8,14H,3-4,9-10H2,1-2H3,(H,15,16). The van der Waals surface area contributed by atoms with Crippen LogP contribution in [0, 0.1) is 0 Å². The molecule has 2 N–H and O–H groups in total. The predicted octanol–water partition coefficient (Wildman–Crippen LogP) is 2.65. The first-order valence-corrected chi connectivity index (χ1v) is 5.90. The number of rotatable bonds is 6. The topological polar surface area (TPSA) is 41.1 Å². The van der Waals surface area contributed by atoms with E-state index in [4.69, 9.17) is 0 Å². The fourth-order valence-electron chi connectivity index (χ4n) is 1.35. The van der Waals surface area contributed by atoms with Gasteiger partial charge >= 0.3 is 0 Å². The van der Waals surface area contributed by atoms with Gasteiger partial charge in [0.25, 0.3) is 5.91 Å². The van der Waals surface area contributed by atoms with Crippen LogP contribution >= 0.6 is 0 Å². The average molecular weight is 220 g/mol. The number of carbonyl (C=O) groups excluding carboxylic acids is 1. The highest BCUT2D eigenvalue weighted by atomic mass is 16.1. The molecule has 1 aromatic carbocycles. The lowest BCUT2D eigenvalue weighted by Gasteiger charge is -2.06. The Labute approximate surface area is 97.2 Å². The van der Waals surface area contributed by atoms with Crippen LogP contribution in [0.4, 0.5) is 5.69 Å². The molecule has 0 saturated heterocycles. The number of amides is 1. The summed E-state index contributed by atoms with van der Waals surface area (Å²) >= 11 is 0. The molecule has 0 saturated carbocycles. The Hall–Kier alpha value is -1.51. The number of nitrogens with one attached hydrogen (secondary N) is 2. The van der Waals surface area contributed by atoms with E-state index >= 15 is 0 Å². The fourth-order valence-corrected chi connectivity index (χ4v) is 1.35. The van der Waals surface area contributed by atoms with Gasteiger partial charge in [0.05, 0.1) is 0 Å². The summed E-state index contributed by atoms with van der Waals surface area (Å²) in [4.78, 5) is 11.6. The van der Waals surface area contributed by atoms with E-state index < -0.39 is 0 Å². The second kappa shape index (κ2) is 6.88. The van der Waals surface area contributed by atoms with Crippen LogP contribution in [0.3, 0.4) is 0 Å². The molecule has 3 heteroatoms. The van der Waals surface area contributed by atoms with Crippen LogP contribution in [0.15, 0.2) is 24.3 Å². The zero-order chi connectivity index (χ0) is 11.8. The Bertz CT molecular complexity index is 319. The summed E-state index contributed by atoms with van der Waals surface area (Å²) in [6, 6.07) is 7.58. The van der Waals surface area contributed by atoms with Gasteiger partial charge in [-0.25, -0.2) is 0 Å². The minimum absolute atomic E-state index is 0.00360. The molecule has 0 atom stereocenters. The van der Waals surface area contributed by atoms with Crippen molar-refractivity contribution in [2.45, 2.75) is 26.7 Å². The van der Waals surface area contributed by atoms with E-state index in [1.807, 2.05) is 31.2 Å². The number of benzene rings is 1. The van der Waals surface area contributed by atoms with Crippen molar-refractivity contribution in [1.82, 2.24) is 5.32 Å². The van der Waals surface area contributed by atoms with Crippen molar-refractivity contribution in [1.29, 1.82) is 0 Å². The van der Waals surface area contributed by atoms with Crippen LogP contribution in [-0.4, -0.2) is 19.0 Å². The number of hydrogen-bond donors (Lipinski definition) is 2. The molecule has 16 heavy (non-hydrogen) atoms. The summed E-state index contributed by atoms with van der Waals surface area (Å²) in [6.45, 7) is 5.85. The van der Waals surface area contributed by atoms with E-state index in [0.717, 1.165) is 37.2 Å². The summed E-state index contributed by atoms with van der Waals surface area (Å²) in [5, 5.41) is 6.12. The minimum atomic E-state index is 0.00360. The van der Waals surface area contributed by atoms with Crippen LogP contribution in [0.1, 0.15) is 37.0 Å². The van der Waals surface area contributed by atoms with Crippen LogP contribution in [-0.2, 0) is 0 Å². The molecule has 0 radical (unpaired) electrons. The van der Waals surface area contributed by atoms with Crippen molar-refractivity contribution in [3.05, 3.63) is 29.8 Å². The van der Waals surface area contributed by atoms with Crippen LogP contribution in [0.2, 0.25) is 0 Å². The third-order valence-corrected chi connectivity index (χ3v) is 2.26.